The Balaban J connectivity index is 0.000000295. The topological polar surface area (TPSA) is 81.5 Å². The summed E-state index contributed by atoms with van der Waals surface area (Å²) in [5.74, 6) is 0.562. The third kappa shape index (κ3) is 6.67. The summed E-state index contributed by atoms with van der Waals surface area (Å²) in [5, 5.41) is 13.8. The lowest BCUT2D eigenvalue weighted by molar-refractivity contribution is -0.384. The molecule has 1 aromatic carbocycles. The fourth-order valence-corrected chi connectivity index (χ4v) is 2.17. The van der Waals surface area contributed by atoms with Crippen LogP contribution in [0.3, 0.4) is 0 Å². The van der Waals surface area contributed by atoms with Gasteiger partial charge in [-0.15, -0.1) is 0 Å². The van der Waals surface area contributed by atoms with E-state index in [9.17, 15) is 14.9 Å². The average molecular weight is 308 g/mol. The monoisotopic (exact) mass is 308 g/mol. The Labute approximate surface area is 131 Å². The number of nitrogens with zero attached hydrogens (tertiary/aromatic N) is 1. The summed E-state index contributed by atoms with van der Waals surface area (Å²) in [5.41, 5.74) is 1.08. The molecule has 0 unspecified atom stereocenters. The Kier molecular flexibility index (Phi) is 6.98. The number of carbonyl (C=O) groups excluding carboxylic acids is 1. The maximum atomic E-state index is 10.5. The van der Waals surface area contributed by atoms with Crippen molar-refractivity contribution in [2.24, 2.45) is 0 Å². The number of ether oxygens (including phenoxy) is 1. The average Bonchev–Trinajstić information content (AvgIpc) is 2.48. The van der Waals surface area contributed by atoms with Gasteiger partial charge >= 0.3 is 0 Å². The van der Waals surface area contributed by atoms with Gasteiger partial charge in [-0.2, -0.15) is 0 Å². The van der Waals surface area contributed by atoms with Crippen molar-refractivity contribution < 1.29 is 14.5 Å². The highest BCUT2D eigenvalue weighted by molar-refractivity contribution is 5.37. The zero-order valence-electron chi connectivity index (χ0n) is 13.4. The number of rotatable bonds is 3. The van der Waals surface area contributed by atoms with Gasteiger partial charge in [0.2, 0.25) is 0 Å². The fourth-order valence-electron chi connectivity index (χ4n) is 2.17. The highest BCUT2D eigenvalue weighted by Gasteiger charge is 2.15. The molecule has 1 aliphatic rings. The number of piperidine rings is 1. The van der Waals surface area contributed by atoms with Gasteiger partial charge in [0.25, 0.3) is 12.2 Å². The van der Waals surface area contributed by atoms with Crippen LogP contribution in [0.4, 0.5) is 5.69 Å². The number of non-ortho nitro benzene ring substituents is 1. The first-order valence-corrected chi connectivity index (χ1v) is 7.40. The van der Waals surface area contributed by atoms with Gasteiger partial charge in [-0.05, 0) is 58.2 Å². The molecule has 22 heavy (non-hydrogen) atoms. The van der Waals surface area contributed by atoms with E-state index >= 15 is 0 Å². The van der Waals surface area contributed by atoms with E-state index < -0.39 is 0 Å². The van der Waals surface area contributed by atoms with Gasteiger partial charge in [0, 0.05) is 12.1 Å². The minimum absolute atomic E-state index is 0.174. The number of nitro groups is 1. The molecule has 0 spiro atoms. The van der Waals surface area contributed by atoms with E-state index in [1.807, 2.05) is 32.9 Å². The molecular weight excluding hydrogens is 284 g/mol. The molecule has 2 rings (SSSR count). The van der Waals surface area contributed by atoms with Gasteiger partial charge in [0.05, 0.1) is 4.92 Å². The van der Waals surface area contributed by atoms with Crippen LogP contribution in [-0.2, 0) is 9.53 Å². The van der Waals surface area contributed by atoms with Crippen molar-refractivity contribution in [1.29, 1.82) is 0 Å². The quantitative estimate of drug-likeness (QED) is 0.527. The smallest absolute Gasteiger partial charge is 0.293 e. The SMILES string of the molecule is CC(C)(C)OC=O.O=[N+]([O-])c1ccc(C2CCNCC2)cc1. The summed E-state index contributed by atoms with van der Waals surface area (Å²) in [7, 11) is 0. The molecule has 0 aliphatic carbocycles. The predicted molar refractivity (Wildman–Crippen MR) is 84.8 cm³/mol. The lowest BCUT2D eigenvalue weighted by Crippen LogP contribution is -2.26. The molecule has 0 amide bonds. The van der Waals surface area contributed by atoms with E-state index in [4.69, 9.17) is 0 Å². The molecule has 1 N–H and O–H groups in total. The molecule has 1 saturated heterocycles. The van der Waals surface area contributed by atoms with Crippen LogP contribution in [0.1, 0.15) is 45.1 Å². The molecule has 0 bridgehead atoms. The Morgan fingerprint density at radius 3 is 2.14 bits per heavy atom. The summed E-state index contributed by atoms with van der Waals surface area (Å²) in [6, 6.07) is 6.96. The second kappa shape index (κ2) is 8.48. The first kappa shape index (κ1) is 18.1. The van der Waals surface area contributed by atoms with Crippen molar-refractivity contribution in [3.05, 3.63) is 39.9 Å². The second-order valence-electron chi connectivity index (χ2n) is 6.20. The number of benzene rings is 1. The summed E-state index contributed by atoms with van der Waals surface area (Å²) in [6.07, 6.45) is 2.25. The van der Waals surface area contributed by atoms with Gasteiger partial charge in [-0.3, -0.25) is 14.9 Å². The molecule has 0 saturated carbocycles. The van der Waals surface area contributed by atoms with Crippen LogP contribution < -0.4 is 5.32 Å². The van der Waals surface area contributed by atoms with Crippen molar-refractivity contribution >= 4 is 12.2 Å². The van der Waals surface area contributed by atoms with Gasteiger partial charge in [0.1, 0.15) is 5.60 Å². The maximum Gasteiger partial charge on any atom is 0.293 e. The number of nitrogens with one attached hydrogen (secondary N) is 1. The maximum absolute atomic E-state index is 10.5. The summed E-state index contributed by atoms with van der Waals surface area (Å²) in [4.78, 5) is 19.7. The Hall–Kier alpha value is -1.95. The molecular formula is C16H24N2O4. The summed E-state index contributed by atoms with van der Waals surface area (Å²) >= 11 is 0. The highest BCUT2D eigenvalue weighted by atomic mass is 16.6. The van der Waals surface area contributed by atoms with Crippen LogP contribution in [0.15, 0.2) is 24.3 Å². The molecule has 6 nitrogen and oxygen atoms in total. The van der Waals surface area contributed by atoms with E-state index in [-0.39, 0.29) is 16.2 Å². The standard InChI is InChI=1S/C11H14N2O2.C5H10O2/c14-13(15)11-3-1-9(2-4-11)10-5-7-12-8-6-10;1-5(2,3)7-4-6/h1-4,10,12H,5-8H2;4H,1-3H3. The minimum Gasteiger partial charge on any atom is -0.462 e. The molecule has 122 valence electrons. The molecule has 1 heterocycles. The van der Waals surface area contributed by atoms with Crippen molar-refractivity contribution in [2.45, 2.75) is 45.1 Å². The third-order valence-electron chi connectivity index (χ3n) is 3.32. The zero-order valence-corrected chi connectivity index (χ0v) is 13.4. The molecule has 1 aromatic rings. The predicted octanol–water partition coefficient (Wildman–Crippen LogP) is 3.02. The van der Waals surface area contributed by atoms with Gasteiger partial charge in [-0.1, -0.05) is 12.1 Å². The zero-order chi connectivity index (χ0) is 16.6. The van der Waals surface area contributed by atoms with Crippen LogP contribution in [0.2, 0.25) is 0 Å². The highest BCUT2D eigenvalue weighted by Crippen LogP contribution is 2.26. The van der Waals surface area contributed by atoms with E-state index in [1.165, 1.54) is 5.56 Å². The van der Waals surface area contributed by atoms with Gasteiger partial charge in [-0.25, -0.2) is 0 Å². The van der Waals surface area contributed by atoms with Crippen LogP contribution in [0, 0.1) is 10.1 Å². The van der Waals surface area contributed by atoms with E-state index in [2.05, 4.69) is 10.1 Å². The lowest BCUT2D eigenvalue weighted by atomic mass is 9.90. The van der Waals surface area contributed by atoms with Crippen LogP contribution in [0.5, 0.6) is 0 Å². The lowest BCUT2D eigenvalue weighted by Gasteiger charge is -2.22. The largest absolute Gasteiger partial charge is 0.462 e. The normalized spacial score (nSPS) is 15.4. The first-order valence-electron chi connectivity index (χ1n) is 7.40. The fraction of sp³-hybridized carbons (Fsp3) is 0.562. The third-order valence-corrected chi connectivity index (χ3v) is 3.32. The number of hydrogen-bond acceptors (Lipinski definition) is 5. The number of hydrogen-bond donors (Lipinski definition) is 1. The minimum atomic E-state index is -0.355. The van der Waals surface area contributed by atoms with E-state index in [1.54, 1.807) is 12.1 Å². The Bertz CT molecular complexity index is 474. The van der Waals surface area contributed by atoms with E-state index in [0.29, 0.717) is 12.4 Å². The number of carbonyl (C=O) groups is 1. The van der Waals surface area contributed by atoms with Gasteiger partial charge in [0.15, 0.2) is 0 Å². The van der Waals surface area contributed by atoms with Crippen LogP contribution in [-0.4, -0.2) is 30.1 Å². The molecule has 1 fully saturated rings. The molecule has 1 aliphatic heterocycles. The Morgan fingerprint density at radius 2 is 1.77 bits per heavy atom. The molecule has 0 atom stereocenters. The second-order valence-corrected chi connectivity index (χ2v) is 6.20. The van der Waals surface area contributed by atoms with Gasteiger partial charge < -0.3 is 10.1 Å². The van der Waals surface area contributed by atoms with Crippen molar-refractivity contribution in [1.82, 2.24) is 5.32 Å². The molecule has 6 heteroatoms. The Morgan fingerprint density at radius 1 is 1.23 bits per heavy atom. The van der Waals surface area contributed by atoms with Crippen LogP contribution in [0.25, 0.3) is 0 Å². The summed E-state index contributed by atoms with van der Waals surface area (Å²) < 4.78 is 4.55. The van der Waals surface area contributed by atoms with Crippen molar-refractivity contribution in [3.63, 3.8) is 0 Å². The van der Waals surface area contributed by atoms with E-state index in [0.717, 1.165) is 25.9 Å². The molecule has 0 aromatic heterocycles. The first-order chi connectivity index (χ1) is 10.3. The van der Waals surface area contributed by atoms with Crippen molar-refractivity contribution in [2.75, 3.05) is 13.1 Å². The summed E-state index contributed by atoms with van der Waals surface area (Å²) in [6.45, 7) is 8.01. The van der Waals surface area contributed by atoms with Crippen molar-refractivity contribution in [3.8, 4) is 0 Å². The van der Waals surface area contributed by atoms with Crippen LogP contribution >= 0.6 is 0 Å². The molecule has 0 radical (unpaired) electrons. The number of nitro benzene ring substituents is 1.